The van der Waals surface area contributed by atoms with Gasteiger partial charge in [0.2, 0.25) is 0 Å². The zero-order valence-corrected chi connectivity index (χ0v) is 49.1. The van der Waals surface area contributed by atoms with E-state index in [1.807, 2.05) is 6.92 Å². The normalized spacial score (nSPS) is 11.9. The molecule has 0 aliphatic carbocycles. The molecule has 4 N–H and O–H groups in total. The fraction of sp³-hybridized carbons (Fsp3) is 0.148. The second-order valence-electron chi connectivity index (χ2n) is 16.2. The van der Waals surface area contributed by atoms with E-state index in [-0.39, 0.29) is 108 Å². The number of para-hydroxylation sites is 4. The number of benzene rings is 8. The minimum absolute atomic E-state index is 0. The van der Waals surface area contributed by atoms with Gasteiger partial charge in [-0.15, -0.1) is 15.3 Å². The van der Waals surface area contributed by atoms with Crippen molar-refractivity contribution >= 4 is 160 Å². The van der Waals surface area contributed by atoms with Crippen LogP contribution >= 0.6 is 23.2 Å². The summed E-state index contributed by atoms with van der Waals surface area (Å²) >= 11 is 12.6. The Morgan fingerprint density at radius 3 is 1.58 bits per heavy atom. The Balaban J connectivity index is 0.000000246. The number of aromatic hydroxyl groups is 1. The quantitative estimate of drug-likeness (QED) is 0.0231. The van der Waals surface area contributed by atoms with Crippen molar-refractivity contribution < 1.29 is 55.5 Å². The van der Waals surface area contributed by atoms with Gasteiger partial charge in [0.1, 0.15) is 34.2 Å². The summed E-state index contributed by atoms with van der Waals surface area (Å²) in [4.78, 5) is 16.6. The van der Waals surface area contributed by atoms with Gasteiger partial charge in [-0.25, -0.2) is 0 Å². The first-order chi connectivity index (χ1) is 36.3. The van der Waals surface area contributed by atoms with Crippen LogP contribution in [0.3, 0.4) is 0 Å². The van der Waals surface area contributed by atoms with Gasteiger partial charge < -0.3 is 30.1 Å². The van der Waals surface area contributed by atoms with Crippen LogP contribution < -0.4 is 25.0 Å². The number of phenolic OH excluding ortho intramolecular Hbond substituents is 1. The topological polar surface area (TPSA) is 284 Å². The van der Waals surface area contributed by atoms with Gasteiger partial charge in [-0.2, -0.15) is 21.9 Å². The number of azo groups is 2. The summed E-state index contributed by atoms with van der Waals surface area (Å²) in [5.74, 6) is -1.67. The Morgan fingerprint density at radius 2 is 1.05 bits per heavy atom. The predicted octanol–water partition coefficient (Wildman–Crippen LogP) is 12.3. The second-order valence-corrected chi connectivity index (χ2v) is 19.8. The molecule has 0 saturated heterocycles. The van der Waals surface area contributed by atoms with Crippen molar-refractivity contribution in [2.24, 2.45) is 25.4 Å². The number of carbonyl (C=O) groups excluding carboxylic acids is 1. The van der Waals surface area contributed by atoms with E-state index in [0.717, 1.165) is 12.1 Å². The number of halogens is 2. The molecule has 18 nitrogen and oxygen atoms in total. The van der Waals surface area contributed by atoms with E-state index in [4.69, 9.17) is 32.7 Å². The predicted molar refractivity (Wildman–Crippen MR) is 294 cm³/mol. The molecule has 23 heteroatoms. The Bertz CT molecular complexity index is 3860. The third kappa shape index (κ3) is 14.2. The van der Waals surface area contributed by atoms with Gasteiger partial charge in [0.25, 0.3) is 26.1 Å². The number of aliphatic imine (C=N–C) groups is 1. The number of amides is 1. The molecule has 0 radical (unpaired) electrons. The summed E-state index contributed by atoms with van der Waals surface area (Å²) in [5, 5.41) is 59.0. The van der Waals surface area contributed by atoms with Crippen molar-refractivity contribution in [2.45, 2.75) is 50.3 Å². The van der Waals surface area contributed by atoms with Crippen molar-refractivity contribution in [3.8, 4) is 23.0 Å². The first-order valence-electron chi connectivity index (χ1n) is 23.2. The molecule has 0 spiro atoms. The summed E-state index contributed by atoms with van der Waals surface area (Å²) < 4.78 is 77.7. The summed E-state index contributed by atoms with van der Waals surface area (Å²) in [5.41, 5.74) is 0.742. The molecule has 0 atom stereocenters. The van der Waals surface area contributed by atoms with Crippen LogP contribution in [0.1, 0.15) is 54.7 Å². The maximum absolute atomic E-state index is 13.4. The van der Waals surface area contributed by atoms with Crippen molar-refractivity contribution in [3.63, 3.8) is 0 Å². The monoisotopic (exact) mass is 1240 g/mol. The molecular formula is C54H46BaCl2N6O12S2. The van der Waals surface area contributed by atoms with Crippen LogP contribution in [0.4, 0.5) is 34.1 Å². The number of aryl methyl sites for hydroxylation is 2. The number of anilines is 1. The van der Waals surface area contributed by atoms with Gasteiger partial charge in [0.15, 0.2) is 5.75 Å². The molecule has 0 fully saturated rings. The molecule has 0 aromatic heterocycles. The smallest absolute Gasteiger partial charge is 0.871 e. The maximum atomic E-state index is 13.4. The first-order valence-corrected chi connectivity index (χ1v) is 26.8. The van der Waals surface area contributed by atoms with Gasteiger partial charge in [-0.05, 0) is 121 Å². The summed E-state index contributed by atoms with van der Waals surface area (Å²) in [6, 6.07) is 35.3. The Kier molecular flexibility index (Phi) is 20.4. The van der Waals surface area contributed by atoms with Gasteiger partial charge >= 0.3 is 48.9 Å². The Morgan fingerprint density at radius 1 is 0.597 bits per heavy atom. The van der Waals surface area contributed by atoms with E-state index >= 15 is 0 Å². The Hall–Kier alpha value is -6.41. The van der Waals surface area contributed by atoms with Crippen LogP contribution in [0.2, 0.25) is 10.0 Å². The molecule has 0 heterocycles. The number of hydrogen-bond acceptors (Lipinski definition) is 15. The van der Waals surface area contributed by atoms with Crippen molar-refractivity contribution in [1.82, 2.24) is 0 Å². The van der Waals surface area contributed by atoms with Crippen molar-refractivity contribution in [2.75, 3.05) is 18.5 Å². The van der Waals surface area contributed by atoms with E-state index < -0.39 is 43.5 Å². The fourth-order valence-corrected chi connectivity index (χ4v) is 9.80. The molecule has 8 aromatic rings. The third-order valence-electron chi connectivity index (χ3n) is 11.4. The number of hydrogen-bond donors (Lipinski definition) is 4. The zero-order chi connectivity index (χ0) is 54.9. The van der Waals surface area contributed by atoms with Gasteiger partial charge in [0.05, 0.1) is 50.0 Å². The molecule has 8 aromatic carbocycles. The molecule has 0 saturated carbocycles. The number of nitrogens with zero attached hydrogens (tertiary/aromatic N) is 5. The first kappa shape index (κ1) is 59.8. The molecule has 0 unspecified atom stereocenters. The number of carbonyl (C=O) groups is 1. The number of nitrogens with one attached hydrogen (secondary N) is 1. The van der Waals surface area contributed by atoms with Gasteiger partial charge in [-0.3, -0.25) is 18.9 Å². The zero-order valence-electron chi connectivity index (χ0n) is 41.6. The number of phenols is 1. The summed E-state index contributed by atoms with van der Waals surface area (Å²) in [6.45, 7) is 7.82. The standard InChI is InChI=1S/2C27H24ClN3O6S.Ba/c2*1-3-16-14-20(28)22(15-24(16)38(34,35)36)30-31-25-18-10-6-5-9-17(18)13-19(26(25)32)27(33)29-21-11-7-8-12-23(21)37-4-2;/h2*5-15,32H,3-4H2,1-2H3,(H,29,33)(H,34,35,36);/q;;+2/p-2. The minimum Gasteiger partial charge on any atom is -0.871 e. The van der Waals surface area contributed by atoms with E-state index in [9.17, 15) is 46.1 Å². The summed E-state index contributed by atoms with van der Waals surface area (Å²) in [7, 11) is -9.09. The second kappa shape index (κ2) is 26.3. The number of rotatable bonds is 16. The molecule has 0 aliphatic heterocycles. The van der Waals surface area contributed by atoms with E-state index in [1.54, 1.807) is 118 Å². The molecule has 1 amide bonds. The maximum Gasteiger partial charge on any atom is 2.00 e. The van der Waals surface area contributed by atoms with Crippen LogP contribution in [-0.4, -0.2) is 105 Å². The van der Waals surface area contributed by atoms with Crippen LogP contribution in [0, 0.1) is 0 Å². The average Bonchev–Trinajstić information content (AvgIpc) is 3.39. The van der Waals surface area contributed by atoms with E-state index in [0.29, 0.717) is 75.9 Å². The van der Waals surface area contributed by atoms with Crippen LogP contribution in [0.5, 0.6) is 23.0 Å². The summed E-state index contributed by atoms with van der Waals surface area (Å²) in [6.07, 6.45) is 0.600. The number of fused-ring (bicyclic) bond motifs is 2. The average molecular weight is 1240 g/mol. The largest absolute Gasteiger partial charge is 2.00 e. The van der Waals surface area contributed by atoms with Crippen LogP contribution in [0.15, 0.2) is 169 Å². The van der Waals surface area contributed by atoms with Gasteiger partial charge in [0, 0.05) is 10.8 Å². The number of ether oxygens (including phenoxy) is 2. The van der Waals surface area contributed by atoms with E-state index in [2.05, 4.69) is 30.8 Å². The molecule has 0 bridgehead atoms. The molecule has 8 rings (SSSR count). The fourth-order valence-electron chi connectivity index (χ4n) is 7.76. The van der Waals surface area contributed by atoms with Crippen molar-refractivity contribution in [1.29, 1.82) is 0 Å². The Labute approximate surface area is 493 Å². The van der Waals surface area contributed by atoms with Gasteiger partial charge in [-0.1, -0.05) is 116 Å². The molecule has 0 aliphatic rings. The van der Waals surface area contributed by atoms with Crippen LogP contribution in [0.25, 0.3) is 21.5 Å². The molecular weight excluding hydrogens is 1200 g/mol. The minimum atomic E-state index is -4.56. The third-order valence-corrected chi connectivity index (χ3v) is 13.8. The van der Waals surface area contributed by atoms with Crippen molar-refractivity contribution in [3.05, 3.63) is 166 Å². The molecule has 392 valence electrons. The van der Waals surface area contributed by atoms with Crippen LogP contribution in [-0.2, 0) is 33.1 Å². The SMILES string of the molecule is CCOc1ccccc1N=C([O-])c1cc2ccccc2c(N=Nc2cc(S(=O)(=O)O)c(CC)cc2Cl)c1[O-].CCOc1ccccc1NC(=O)c1cc2ccccc2c(N=Nc2cc(S(=O)(=O)O)c(CC)cc2Cl)c1O.[Ba+2]. The van der Waals surface area contributed by atoms with E-state index in [1.165, 1.54) is 24.3 Å². The molecule has 77 heavy (non-hydrogen) atoms.